The Morgan fingerprint density at radius 2 is 1.70 bits per heavy atom. The first-order valence-corrected chi connectivity index (χ1v) is 13.1. The summed E-state index contributed by atoms with van der Waals surface area (Å²) in [4.78, 5) is 31.1. The van der Waals surface area contributed by atoms with E-state index in [0.717, 1.165) is 51.9 Å². The second kappa shape index (κ2) is 9.50. The van der Waals surface area contributed by atoms with Crippen molar-refractivity contribution in [1.82, 2.24) is 20.0 Å². The second-order valence-corrected chi connectivity index (χ2v) is 11.4. The van der Waals surface area contributed by atoms with Gasteiger partial charge in [-0.2, -0.15) is 0 Å². The van der Waals surface area contributed by atoms with E-state index in [1.165, 1.54) is 0 Å². The highest BCUT2D eigenvalue weighted by molar-refractivity contribution is 7.91. The van der Waals surface area contributed by atoms with Crippen molar-refractivity contribution < 1.29 is 22.7 Å². The van der Waals surface area contributed by atoms with Crippen molar-refractivity contribution in [3.05, 3.63) is 0 Å². The van der Waals surface area contributed by atoms with Crippen molar-refractivity contribution in [3.63, 3.8) is 0 Å². The van der Waals surface area contributed by atoms with E-state index in [1.807, 2.05) is 0 Å². The fraction of sp³-hybridized carbons (Fsp3) is 0.900. The zero-order valence-corrected chi connectivity index (χ0v) is 18.4. The Balaban J connectivity index is 1.27. The SMILES string of the molecule is O=C(CN1CCN(CC(=O)N(C[C@H]2CCCO2)[C@@H]2CCS(=O)(=O)C2)CC1)NC1CC1. The average Bonchev–Trinajstić information content (AvgIpc) is 3.21. The largest absolute Gasteiger partial charge is 0.376 e. The smallest absolute Gasteiger partial charge is 0.237 e. The van der Waals surface area contributed by atoms with Crippen LogP contribution in [-0.2, 0) is 24.2 Å². The Morgan fingerprint density at radius 3 is 2.27 bits per heavy atom. The highest BCUT2D eigenvalue weighted by Gasteiger charge is 2.37. The number of hydrogen-bond donors (Lipinski definition) is 1. The number of nitrogens with zero attached hydrogens (tertiary/aromatic N) is 3. The molecule has 0 bridgehead atoms. The minimum atomic E-state index is -3.06. The van der Waals surface area contributed by atoms with Crippen molar-refractivity contribution in [1.29, 1.82) is 0 Å². The first-order valence-electron chi connectivity index (χ1n) is 11.2. The van der Waals surface area contributed by atoms with Crippen LogP contribution in [0.25, 0.3) is 0 Å². The molecule has 1 saturated carbocycles. The number of piperazine rings is 1. The summed E-state index contributed by atoms with van der Waals surface area (Å²) >= 11 is 0. The third-order valence-electron chi connectivity index (χ3n) is 6.53. The molecular weight excluding hydrogens is 408 g/mol. The summed E-state index contributed by atoms with van der Waals surface area (Å²) in [7, 11) is -3.06. The molecule has 2 atom stereocenters. The molecule has 9 nitrogen and oxygen atoms in total. The highest BCUT2D eigenvalue weighted by atomic mass is 32.2. The van der Waals surface area contributed by atoms with Gasteiger partial charge in [0.2, 0.25) is 11.8 Å². The van der Waals surface area contributed by atoms with Crippen LogP contribution in [0, 0.1) is 0 Å². The lowest BCUT2D eigenvalue weighted by molar-refractivity contribution is -0.136. The molecule has 0 unspecified atom stereocenters. The van der Waals surface area contributed by atoms with E-state index in [0.29, 0.717) is 38.7 Å². The summed E-state index contributed by atoms with van der Waals surface area (Å²) in [5, 5.41) is 3.02. The molecule has 2 amide bonds. The lowest BCUT2D eigenvalue weighted by Crippen LogP contribution is -2.54. The molecule has 3 heterocycles. The van der Waals surface area contributed by atoms with E-state index >= 15 is 0 Å². The van der Waals surface area contributed by atoms with E-state index in [1.54, 1.807) is 4.90 Å². The molecule has 0 aromatic carbocycles. The van der Waals surface area contributed by atoms with Crippen molar-refractivity contribution in [2.24, 2.45) is 0 Å². The monoisotopic (exact) mass is 442 g/mol. The van der Waals surface area contributed by atoms with E-state index in [-0.39, 0.29) is 35.5 Å². The summed E-state index contributed by atoms with van der Waals surface area (Å²) in [6, 6.07) is 0.143. The first-order chi connectivity index (χ1) is 14.4. The average molecular weight is 443 g/mol. The van der Waals surface area contributed by atoms with Crippen molar-refractivity contribution in [2.45, 2.75) is 50.3 Å². The Bertz CT molecular complexity index is 727. The number of carbonyl (C=O) groups is 2. The van der Waals surface area contributed by atoms with Crippen LogP contribution >= 0.6 is 0 Å². The topological polar surface area (TPSA) is 99.3 Å². The van der Waals surface area contributed by atoms with Crippen LogP contribution < -0.4 is 5.32 Å². The predicted octanol–water partition coefficient (Wildman–Crippen LogP) is -0.923. The van der Waals surface area contributed by atoms with E-state index in [9.17, 15) is 18.0 Å². The minimum absolute atomic E-state index is 0.00692. The van der Waals surface area contributed by atoms with Gasteiger partial charge in [0.25, 0.3) is 0 Å². The minimum Gasteiger partial charge on any atom is -0.376 e. The maximum absolute atomic E-state index is 13.1. The van der Waals surface area contributed by atoms with Crippen molar-refractivity contribution in [3.8, 4) is 0 Å². The summed E-state index contributed by atoms with van der Waals surface area (Å²) in [5.41, 5.74) is 0. The third-order valence-corrected chi connectivity index (χ3v) is 8.28. The zero-order chi connectivity index (χ0) is 21.1. The van der Waals surface area contributed by atoms with E-state index in [4.69, 9.17) is 4.74 Å². The lowest BCUT2D eigenvalue weighted by atomic mass is 10.1. The molecule has 0 spiro atoms. The quantitative estimate of drug-likeness (QED) is 0.519. The van der Waals surface area contributed by atoms with Gasteiger partial charge in [-0.05, 0) is 32.1 Å². The summed E-state index contributed by atoms with van der Waals surface area (Å²) < 4.78 is 29.7. The van der Waals surface area contributed by atoms with Gasteiger partial charge in [-0.15, -0.1) is 0 Å². The van der Waals surface area contributed by atoms with Crippen LogP contribution in [0.3, 0.4) is 0 Å². The number of carbonyl (C=O) groups excluding carboxylic acids is 2. The van der Waals surface area contributed by atoms with Gasteiger partial charge in [0.05, 0.1) is 30.7 Å². The molecule has 1 aliphatic carbocycles. The number of ether oxygens (including phenoxy) is 1. The molecule has 1 N–H and O–H groups in total. The zero-order valence-electron chi connectivity index (χ0n) is 17.6. The maximum Gasteiger partial charge on any atom is 0.237 e. The molecule has 3 saturated heterocycles. The van der Waals surface area contributed by atoms with Crippen LogP contribution in [0.1, 0.15) is 32.1 Å². The van der Waals surface area contributed by atoms with Crippen LogP contribution in [-0.4, -0.2) is 117 Å². The Hall–Kier alpha value is -1.23. The molecule has 3 aliphatic heterocycles. The van der Waals surface area contributed by atoms with Crippen molar-refractivity contribution in [2.75, 3.05) is 63.9 Å². The van der Waals surface area contributed by atoms with Crippen LogP contribution in [0.2, 0.25) is 0 Å². The normalized spacial score (nSPS) is 29.7. The van der Waals surface area contributed by atoms with Crippen LogP contribution in [0.5, 0.6) is 0 Å². The second-order valence-electron chi connectivity index (χ2n) is 9.13. The van der Waals surface area contributed by atoms with Gasteiger partial charge < -0.3 is 15.0 Å². The Kier molecular flexibility index (Phi) is 6.96. The number of hydrogen-bond acceptors (Lipinski definition) is 7. The molecule has 0 aromatic rings. The maximum atomic E-state index is 13.1. The highest BCUT2D eigenvalue weighted by Crippen LogP contribution is 2.22. The summed E-state index contributed by atoms with van der Waals surface area (Å²) in [5.74, 6) is 0.309. The van der Waals surface area contributed by atoms with Gasteiger partial charge in [-0.3, -0.25) is 19.4 Å². The fourth-order valence-corrected chi connectivity index (χ4v) is 6.31. The number of amides is 2. The van der Waals surface area contributed by atoms with Gasteiger partial charge in [-0.25, -0.2) is 8.42 Å². The molecule has 0 aromatic heterocycles. The molecule has 0 radical (unpaired) electrons. The van der Waals surface area contributed by atoms with Gasteiger partial charge >= 0.3 is 0 Å². The van der Waals surface area contributed by atoms with E-state index in [2.05, 4.69) is 15.1 Å². The summed E-state index contributed by atoms with van der Waals surface area (Å²) in [6.07, 6.45) is 4.62. The number of nitrogens with one attached hydrogen (secondary N) is 1. The molecule has 10 heteroatoms. The lowest BCUT2D eigenvalue weighted by Gasteiger charge is -2.36. The Labute approximate surface area is 179 Å². The van der Waals surface area contributed by atoms with Crippen LogP contribution in [0.4, 0.5) is 0 Å². The standard InChI is InChI=1S/C20H34N4O5S/c25-19(21-16-3-4-16)13-22-6-8-23(9-7-22)14-20(26)24(12-18-2-1-10-29-18)17-5-11-30(27,28)15-17/h16-18H,1-15H2,(H,21,25)/t17-,18-/m1/s1. The molecule has 170 valence electrons. The van der Waals surface area contributed by atoms with Gasteiger partial charge in [0.1, 0.15) is 0 Å². The predicted molar refractivity (Wildman–Crippen MR) is 112 cm³/mol. The summed E-state index contributed by atoms with van der Waals surface area (Å²) in [6.45, 7) is 4.91. The number of rotatable bonds is 8. The Morgan fingerprint density at radius 1 is 1.00 bits per heavy atom. The molecular formula is C20H34N4O5S. The fourth-order valence-electron chi connectivity index (χ4n) is 4.58. The molecule has 4 rings (SSSR count). The molecule has 30 heavy (non-hydrogen) atoms. The number of sulfone groups is 1. The molecule has 4 fully saturated rings. The van der Waals surface area contributed by atoms with E-state index < -0.39 is 9.84 Å². The van der Waals surface area contributed by atoms with Crippen LogP contribution in [0.15, 0.2) is 0 Å². The first kappa shape index (κ1) is 22.0. The third kappa shape index (κ3) is 6.15. The van der Waals surface area contributed by atoms with Gasteiger partial charge in [-0.1, -0.05) is 0 Å². The van der Waals surface area contributed by atoms with Gasteiger partial charge in [0, 0.05) is 51.4 Å². The van der Waals surface area contributed by atoms with Gasteiger partial charge in [0.15, 0.2) is 9.84 Å². The molecule has 4 aliphatic rings. The van der Waals surface area contributed by atoms with Crippen molar-refractivity contribution >= 4 is 21.7 Å².